The molecule has 5 atom stereocenters. The maximum absolute atomic E-state index is 12.9. The highest BCUT2D eigenvalue weighted by Gasteiger charge is 2.61. The number of hydrogen-bond acceptors (Lipinski definition) is 2. The van der Waals surface area contributed by atoms with Crippen LogP contribution in [0.2, 0.25) is 0 Å². The molecular weight excluding hydrogens is 320 g/mol. The molecule has 1 aromatic rings. The van der Waals surface area contributed by atoms with Gasteiger partial charge >= 0.3 is 5.97 Å². The Bertz CT molecular complexity index is 643. The summed E-state index contributed by atoms with van der Waals surface area (Å²) in [6.07, 6.45) is 7.90. The molecule has 2 fully saturated rings. The Balaban J connectivity index is 1.64. The lowest BCUT2D eigenvalue weighted by Gasteiger charge is -2.36. The highest BCUT2D eigenvalue weighted by molar-refractivity contribution is 5.79. The molecule has 1 aromatic carbocycles. The summed E-state index contributed by atoms with van der Waals surface area (Å²) < 4.78 is 6.10. The van der Waals surface area contributed by atoms with E-state index in [9.17, 15) is 4.79 Å². The topological polar surface area (TPSA) is 26.3 Å². The first-order valence-electron chi connectivity index (χ1n) is 10.2. The van der Waals surface area contributed by atoms with Gasteiger partial charge in [-0.15, -0.1) is 0 Å². The number of ether oxygens (including phenoxy) is 1. The zero-order valence-electron chi connectivity index (χ0n) is 16.9. The van der Waals surface area contributed by atoms with Crippen molar-refractivity contribution in [2.45, 2.75) is 60.0 Å². The third-order valence-corrected chi connectivity index (χ3v) is 6.69. The van der Waals surface area contributed by atoms with Crippen LogP contribution in [0.1, 0.15) is 59.4 Å². The third-order valence-electron chi connectivity index (χ3n) is 6.69. The van der Waals surface area contributed by atoms with Gasteiger partial charge in [0.25, 0.3) is 0 Å². The molecule has 0 saturated heterocycles. The Kier molecular flexibility index (Phi) is 5.60. The summed E-state index contributed by atoms with van der Waals surface area (Å²) in [4.78, 5) is 12.9. The normalized spacial score (nSPS) is 33.4. The molecule has 26 heavy (non-hydrogen) atoms. The van der Waals surface area contributed by atoms with E-state index in [1.54, 1.807) is 0 Å². The van der Waals surface area contributed by atoms with Gasteiger partial charge in [0.1, 0.15) is 6.10 Å². The zero-order chi connectivity index (χ0) is 18.9. The molecule has 0 bridgehead atoms. The predicted octanol–water partition coefficient (Wildman–Crippen LogP) is 5.98. The minimum atomic E-state index is -0.00694. The first-order chi connectivity index (χ1) is 12.3. The third kappa shape index (κ3) is 4.05. The van der Waals surface area contributed by atoms with Gasteiger partial charge in [-0.1, -0.05) is 83.5 Å². The van der Waals surface area contributed by atoms with Gasteiger partial charge in [-0.25, -0.2) is 0 Å². The van der Waals surface area contributed by atoms with Gasteiger partial charge in [-0.2, -0.15) is 0 Å². The number of carbonyl (C=O) groups excluding carboxylic acids is 1. The van der Waals surface area contributed by atoms with E-state index in [0.29, 0.717) is 17.8 Å². The molecule has 2 nitrogen and oxygen atoms in total. The van der Waals surface area contributed by atoms with Gasteiger partial charge in [0, 0.05) is 0 Å². The van der Waals surface area contributed by atoms with Crippen molar-refractivity contribution in [1.29, 1.82) is 0 Å². The molecule has 0 amide bonds. The second-order valence-corrected chi connectivity index (χ2v) is 9.40. The molecule has 0 spiro atoms. The summed E-state index contributed by atoms with van der Waals surface area (Å²) in [6.45, 7) is 11.2. The molecule has 2 saturated carbocycles. The van der Waals surface area contributed by atoms with E-state index >= 15 is 0 Å². The molecule has 0 aliphatic heterocycles. The summed E-state index contributed by atoms with van der Waals surface area (Å²) in [7, 11) is 0. The number of rotatable bonds is 5. The number of benzene rings is 1. The van der Waals surface area contributed by atoms with Crippen LogP contribution in [0.15, 0.2) is 36.4 Å². The fourth-order valence-electron chi connectivity index (χ4n) is 4.74. The zero-order valence-corrected chi connectivity index (χ0v) is 16.9. The fraction of sp³-hybridized carbons (Fsp3) is 0.625. The van der Waals surface area contributed by atoms with Crippen LogP contribution in [0.4, 0.5) is 0 Å². The number of carbonyl (C=O) groups is 1. The van der Waals surface area contributed by atoms with Crippen LogP contribution in [0.3, 0.4) is 0 Å². The van der Waals surface area contributed by atoms with Crippen LogP contribution >= 0.6 is 0 Å². The molecular formula is C24H34O2. The highest BCUT2D eigenvalue weighted by Crippen LogP contribution is 2.60. The van der Waals surface area contributed by atoms with Gasteiger partial charge in [0.15, 0.2) is 0 Å². The quantitative estimate of drug-likeness (QED) is 0.608. The van der Waals surface area contributed by atoms with E-state index in [-0.39, 0.29) is 29.3 Å². The van der Waals surface area contributed by atoms with Gasteiger partial charge in [-0.05, 0) is 47.5 Å². The lowest BCUT2D eigenvalue weighted by molar-refractivity contribution is -0.158. The Labute approximate surface area is 159 Å². The van der Waals surface area contributed by atoms with Crippen molar-refractivity contribution in [2.24, 2.45) is 35.0 Å². The minimum absolute atomic E-state index is 0.00399. The van der Waals surface area contributed by atoms with Crippen molar-refractivity contribution in [3.8, 4) is 0 Å². The van der Waals surface area contributed by atoms with Crippen molar-refractivity contribution < 1.29 is 9.53 Å². The van der Waals surface area contributed by atoms with Crippen LogP contribution in [0.5, 0.6) is 0 Å². The second-order valence-electron chi connectivity index (χ2n) is 9.40. The molecule has 0 radical (unpaired) electrons. The number of hydrogen-bond donors (Lipinski definition) is 0. The van der Waals surface area contributed by atoms with Crippen LogP contribution in [-0.2, 0) is 9.53 Å². The Morgan fingerprint density at radius 1 is 1.19 bits per heavy atom. The summed E-state index contributed by atoms with van der Waals surface area (Å²) in [5.74, 6) is 2.02. The minimum Gasteiger partial charge on any atom is -0.462 e. The number of allylic oxidation sites excluding steroid dienone is 1. The molecule has 142 valence electrons. The monoisotopic (exact) mass is 354 g/mol. The summed E-state index contributed by atoms with van der Waals surface area (Å²) in [5, 5.41) is 0. The van der Waals surface area contributed by atoms with Crippen LogP contribution in [0, 0.1) is 35.0 Å². The first kappa shape index (κ1) is 19.2. The molecule has 0 N–H and O–H groups in total. The Morgan fingerprint density at radius 3 is 2.54 bits per heavy atom. The summed E-state index contributed by atoms with van der Waals surface area (Å²) >= 11 is 0. The van der Waals surface area contributed by atoms with Crippen molar-refractivity contribution in [1.82, 2.24) is 0 Å². The van der Waals surface area contributed by atoms with E-state index in [1.807, 2.05) is 18.2 Å². The van der Waals surface area contributed by atoms with E-state index in [4.69, 9.17) is 4.74 Å². The molecule has 3 rings (SSSR count). The molecule has 5 unspecified atom stereocenters. The van der Waals surface area contributed by atoms with E-state index in [1.165, 1.54) is 18.4 Å². The highest BCUT2D eigenvalue weighted by atomic mass is 16.5. The van der Waals surface area contributed by atoms with E-state index in [0.717, 1.165) is 6.42 Å². The lowest BCUT2D eigenvalue weighted by Crippen LogP contribution is -2.36. The van der Waals surface area contributed by atoms with Gasteiger partial charge in [0.2, 0.25) is 0 Å². The molecule has 2 aliphatic rings. The van der Waals surface area contributed by atoms with Crippen LogP contribution in [0.25, 0.3) is 6.08 Å². The SMILES string of the molecule is CC1CCC(C(C)C)C(OC(=O)C2C(C=Cc3ccccc3)C2(C)C)C1. The van der Waals surface area contributed by atoms with E-state index < -0.39 is 0 Å². The van der Waals surface area contributed by atoms with Crippen molar-refractivity contribution in [3.63, 3.8) is 0 Å². The first-order valence-corrected chi connectivity index (χ1v) is 10.2. The van der Waals surface area contributed by atoms with Crippen molar-refractivity contribution >= 4 is 12.0 Å². The Morgan fingerprint density at radius 2 is 1.88 bits per heavy atom. The largest absolute Gasteiger partial charge is 0.462 e. The van der Waals surface area contributed by atoms with Crippen LogP contribution in [-0.4, -0.2) is 12.1 Å². The average molecular weight is 355 g/mol. The van der Waals surface area contributed by atoms with Crippen molar-refractivity contribution in [3.05, 3.63) is 42.0 Å². The maximum Gasteiger partial charge on any atom is 0.310 e. The summed E-state index contributed by atoms with van der Waals surface area (Å²) in [5.41, 5.74) is 1.18. The summed E-state index contributed by atoms with van der Waals surface area (Å²) in [6, 6.07) is 10.3. The maximum atomic E-state index is 12.9. The predicted molar refractivity (Wildman–Crippen MR) is 107 cm³/mol. The second kappa shape index (κ2) is 7.58. The smallest absolute Gasteiger partial charge is 0.310 e. The Hall–Kier alpha value is -1.57. The number of esters is 1. The average Bonchev–Trinajstić information content (AvgIpc) is 3.14. The molecule has 0 heterocycles. The molecule has 2 heteroatoms. The van der Waals surface area contributed by atoms with Crippen LogP contribution < -0.4 is 0 Å². The van der Waals surface area contributed by atoms with Gasteiger partial charge in [-0.3, -0.25) is 4.79 Å². The molecule has 2 aliphatic carbocycles. The van der Waals surface area contributed by atoms with Crippen molar-refractivity contribution in [2.75, 3.05) is 0 Å². The lowest BCUT2D eigenvalue weighted by atomic mass is 9.75. The van der Waals surface area contributed by atoms with Gasteiger partial charge in [0.05, 0.1) is 5.92 Å². The van der Waals surface area contributed by atoms with E-state index in [2.05, 4.69) is 58.9 Å². The fourth-order valence-corrected chi connectivity index (χ4v) is 4.74. The van der Waals surface area contributed by atoms with Gasteiger partial charge < -0.3 is 4.74 Å². The molecule has 0 aromatic heterocycles. The standard InChI is InChI=1S/C24H34O2/c1-16(2)19-13-11-17(3)15-21(19)26-23(25)22-20(24(22,4)5)14-12-18-9-7-6-8-10-18/h6-10,12,14,16-17,19-22H,11,13,15H2,1-5H3.